The first-order valence-corrected chi connectivity index (χ1v) is 15.4. The van der Waals surface area contributed by atoms with Crippen LogP contribution in [0.15, 0.2) is 72.8 Å². The van der Waals surface area contributed by atoms with Crippen molar-refractivity contribution in [1.29, 1.82) is 0 Å². The van der Waals surface area contributed by atoms with Gasteiger partial charge in [-0.1, -0.05) is 156 Å². The molecule has 0 N–H and O–H groups in total. The summed E-state index contributed by atoms with van der Waals surface area (Å²) < 4.78 is 0. The van der Waals surface area contributed by atoms with Crippen LogP contribution in [-0.2, 0) is 28.1 Å². The van der Waals surface area contributed by atoms with E-state index in [1.54, 1.807) is 0 Å². The Balaban J connectivity index is 1.54. The second-order valence-corrected chi connectivity index (χ2v) is 16.5. The van der Waals surface area contributed by atoms with Crippen LogP contribution in [0.25, 0.3) is 33.4 Å². The standard InChI is InChI=1S/C41H50/c1-38(2,3)32-20-28(21-33(24-32)39(4,5)6)26-13-15-36-30(17-26)19-31-18-27(14-16-37(31)36)29-22-34(40(7,8)9)25-35(23-29)41(10,11)12/h13-18,20-25H,19H2,1-12H3. The van der Waals surface area contributed by atoms with Crippen molar-refractivity contribution in [2.24, 2.45) is 0 Å². The summed E-state index contributed by atoms with van der Waals surface area (Å²) in [7, 11) is 0. The summed E-state index contributed by atoms with van der Waals surface area (Å²) in [5, 5.41) is 0. The summed E-state index contributed by atoms with van der Waals surface area (Å²) in [6.45, 7) is 27.8. The minimum absolute atomic E-state index is 0.108. The molecule has 4 aromatic carbocycles. The number of benzene rings is 4. The van der Waals surface area contributed by atoms with Crippen molar-refractivity contribution >= 4 is 0 Å². The molecule has 5 rings (SSSR count). The summed E-state index contributed by atoms with van der Waals surface area (Å²) >= 11 is 0. The molecule has 41 heavy (non-hydrogen) atoms. The van der Waals surface area contributed by atoms with Gasteiger partial charge >= 0.3 is 0 Å². The van der Waals surface area contributed by atoms with Crippen LogP contribution in [0.5, 0.6) is 0 Å². The zero-order valence-electron chi connectivity index (χ0n) is 27.6. The maximum Gasteiger partial charge on any atom is -0.00130 e. The molecule has 0 heterocycles. The Morgan fingerprint density at radius 1 is 0.341 bits per heavy atom. The van der Waals surface area contributed by atoms with Crippen LogP contribution in [0.1, 0.15) is 116 Å². The van der Waals surface area contributed by atoms with Crippen molar-refractivity contribution in [2.75, 3.05) is 0 Å². The highest BCUT2D eigenvalue weighted by atomic mass is 14.3. The number of hydrogen-bond donors (Lipinski definition) is 0. The van der Waals surface area contributed by atoms with Crippen molar-refractivity contribution in [1.82, 2.24) is 0 Å². The summed E-state index contributed by atoms with van der Waals surface area (Å²) in [6, 6.07) is 28.7. The number of rotatable bonds is 2. The fourth-order valence-corrected chi connectivity index (χ4v) is 5.89. The van der Waals surface area contributed by atoms with Gasteiger partial charge in [0.15, 0.2) is 0 Å². The molecule has 0 fully saturated rings. The molecule has 0 bridgehead atoms. The maximum absolute atomic E-state index is 2.45. The van der Waals surface area contributed by atoms with Gasteiger partial charge in [0.25, 0.3) is 0 Å². The minimum Gasteiger partial charge on any atom is -0.0561 e. The third kappa shape index (κ3) is 5.94. The second-order valence-electron chi connectivity index (χ2n) is 16.5. The van der Waals surface area contributed by atoms with Crippen molar-refractivity contribution in [3.63, 3.8) is 0 Å². The van der Waals surface area contributed by atoms with E-state index in [1.807, 2.05) is 0 Å². The van der Waals surface area contributed by atoms with Gasteiger partial charge in [-0.15, -0.1) is 0 Å². The SMILES string of the molecule is CC(C)(C)c1cc(-c2ccc3c(c2)Cc2cc(-c4cc(C(C)(C)C)cc(C(C)(C)C)c4)ccc2-3)cc(C(C)(C)C)c1. The van der Waals surface area contributed by atoms with Gasteiger partial charge in [0.1, 0.15) is 0 Å². The van der Waals surface area contributed by atoms with Gasteiger partial charge in [-0.05, 0) is 94.8 Å². The number of fused-ring (bicyclic) bond motifs is 3. The zero-order chi connectivity index (χ0) is 30.1. The molecular formula is C41H50. The van der Waals surface area contributed by atoms with Gasteiger partial charge in [-0.25, -0.2) is 0 Å². The van der Waals surface area contributed by atoms with Crippen LogP contribution in [0.3, 0.4) is 0 Å². The molecule has 0 atom stereocenters. The van der Waals surface area contributed by atoms with E-state index in [0.717, 1.165) is 6.42 Å². The van der Waals surface area contributed by atoms with Gasteiger partial charge in [-0.3, -0.25) is 0 Å². The monoisotopic (exact) mass is 542 g/mol. The molecule has 0 nitrogen and oxygen atoms in total. The van der Waals surface area contributed by atoms with Gasteiger partial charge < -0.3 is 0 Å². The first-order valence-electron chi connectivity index (χ1n) is 15.4. The molecule has 0 spiro atoms. The quantitative estimate of drug-likeness (QED) is 0.208. The molecular weight excluding hydrogens is 492 g/mol. The first kappa shape index (κ1) is 29.4. The summed E-state index contributed by atoms with van der Waals surface area (Å²) in [5.41, 5.74) is 17.0. The Bertz CT molecular complexity index is 1430. The Labute approximate surface area is 250 Å². The highest BCUT2D eigenvalue weighted by Crippen LogP contribution is 2.42. The van der Waals surface area contributed by atoms with E-state index in [-0.39, 0.29) is 21.7 Å². The van der Waals surface area contributed by atoms with Gasteiger partial charge in [-0.2, -0.15) is 0 Å². The van der Waals surface area contributed by atoms with Gasteiger partial charge in [0.2, 0.25) is 0 Å². The topological polar surface area (TPSA) is 0 Å². The molecule has 0 aliphatic heterocycles. The number of hydrogen-bond acceptors (Lipinski definition) is 0. The lowest BCUT2D eigenvalue weighted by Gasteiger charge is -2.26. The average molecular weight is 543 g/mol. The van der Waals surface area contributed by atoms with E-state index >= 15 is 0 Å². The average Bonchev–Trinajstić information content (AvgIpc) is 3.23. The third-order valence-corrected chi connectivity index (χ3v) is 8.88. The lowest BCUT2D eigenvalue weighted by Crippen LogP contribution is -2.16. The van der Waals surface area contributed by atoms with Crippen LogP contribution in [-0.4, -0.2) is 0 Å². The Morgan fingerprint density at radius 3 is 0.902 bits per heavy atom. The minimum atomic E-state index is 0.108. The highest BCUT2D eigenvalue weighted by Gasteiger charge is 2.25. The largest absolute Gasteiger partial charge is 0.0561 e. The smallest absolute Gasteiger partial charge is 0.00130 e. The van der Waals surface area contributed by atoms with Gasteiger partial charge in [0.05, 0.1) is 0 Å². The first-order chi connectivity index (χ1) is 18.8. The van der Waals surface area contributed by atoms with Crippen molar-refractivity contribution in [2.45, 2.75) is 111 Å². The fraction of sp³-hybridized carbons (Fsp3) is 0.415. The summed E-state index contributed by atoms with van der Waals surface area (Å²) in [4.78, 5) is 0. The van der Waals surface area contributed by atoms with Crippen LogP contribution < -0.4 is 0 Å². The molecule has 1 aliphatic carbocycles. The molecule has 0 saturated heterocycles. The molecule has 0 amide bonds. The van der Waals surface area contributed by atoms with E-state index < -0.39 is 0 Å². The van der Waals surface area contributed by atoms with Crippen LogP contribution >= 0.6 is 0 Å². The van der Waals surface area contributed by atoms with E-state index in [0.29, 0.717) is 0 Å². The molecule has 0 unspecified atom stereocenters. The van der Waals surface area contributed by atoms with E-state index in [9.17, 15) is 0 Å². The normalized spacial score (nSPS) is 13.8. The van der Waals surface area contributed by atoms with Crippen molar-refractivity contribution < 1.29 is 0 Å². The maximum atomic E-state index is 2.45. The molecule has 0 radical (unpaired) electrons. The molecule has 0 saturated carbocycles. The third-order valence-electron chi connectivity index (χ3n) is 8.88. The van der Waals surface area contributed by atoms with Crippen molar-refractivity contribution in [3.8, 4) is 33.4 Å². The van der Waals surface area contributed by atoms with E-state index in [4.69, 9.17) is 0 Å². The second kappa shape index (κ2) is 9.72. The zero-order valence-corrected chi connectivity index (χ0v) is 27.6. The highest BCUT2D eigenvalue weighted by molar-refractivity contribution is 5.83. The van der Waals surface area contributed by atoms with Crippen LogP contribution in [0, 0.1) is 0 Å². The molecule has 0 aromatic heterocycles. The van der Waals surface area contributed by atoms with Crippen molar-refractivity contribution in [3.05, 3.63) is 106 Å². The molecule has 0 heteroatoms. The summed E-state index contributed by atoms with van der Waals surface area (Å²) in [5.74, 6) is 0. The summed E-state index contributed by atoms with van der Waals surface area (Å²) in [6.07, 6.45) is 0.989. The van der Waals surface area contributed by atoms with Crippen LogP contribution in [0.4, 0.5) is 0 Å². The van der Waals surface area contributed by atoms with Gasteiger partial charge in [0, 0.05) is 0 Å². The molecule has 1 aliphatic rings. The predicted octanol–water partition coefficient (Wildman–Crippen LogP) is 11.8. The predicted molar refractivity (Wildman–Crippen MR) is 180 cm³/mol. The Morgan fingerprint density at radius 2 is 0.634 bits per heavy atom. The Hall–Kier alpha value is -3.12. The lowest BCUT2D eigenvalue weighted by atomic mass is 9.78. The fourth-order valence-electron chi connectivity index (χ4n) is 5.89. The van der Waals surface area contributed by atoms with Crippen LogP contribution in [0.2, 0.25) is 0 Å². The molecule has 214 valence electrons. The molecule has 4 aromatic rings. The Kier molecular flexibility index (Phi) is 6.97. The lowest BCUT2D eigenvalue weighted by molar-refractivity contribution is 0.568. The van der Waals surface area contributed by atoms with E-state index in [2.05, 4.69) is 156 Å². The van der Waals surface area contributed by atoms with E-state index in [1.165, 1.54) is 66.8 Å².